The van der Waals surface area contributed by atoms with E-state index in [1.165, 1.54) is 36.4 Å². The van der Waals surface area contributed by atoms with E-state index in [4.69, 9.17) is 11.6 Å². The Balaban J connectivity index is 1.91. The lowest BCUT2D eigenvalue weighted by Crippen LogP contribution is -2.29. The highest BCUT2D eigenvalue weighted by Gasteiger charge is 2.36. The molecule has 3 aromatic carbocycles. The van der Waals surface area contributed by atoms with Gasteiger partial charge in [0.15, 0.2) is 9.84 Å². The summed E-state index contributed by atoms with van der Waals surface area (Å²) in [4.78, 5) is -0.0311. The van der Waals surface area contributed by atoms with E-state index >= 15 is 0 Å². The van der Waals surface area contributed by atoms with E-state index in [9.17, 15) is 25.6 Å². The summed E-state index contributed by atoms with van der Waals surface area (Å²) in [5.74, 6) is -2.41. The lowest BCUT2D eigenvalue weighted by Gasteiger charge is -2.25. The van der Waals surface area contributed by atoms with Crippen molar-refractivity contribution < 1.29 is 25.6 Å². The van der Waals surface area contributed by atoms with Crippen LogP contribution < -0.4 is 4.72 Å². The Hall–Kier alpha value is -2.33. The van der Waals surface area contributed by atoms with Crippen molar-refractivity contribution in [1.82, 2.24) is 4.72 Å². The summed E-state index contributed by atoms with van der Waals surface area (Å²) < 4.78 is 82.9. The molecule has 0 heterocycles. The molecule has 0 aliphatic heterocycles. The molecule has 3 aromatic rings. The maximum absolute atomic E-state index is 14.7. The SMILES string of the molecule is CC(CCNS(=O)(=O)c1ccccc1)[C@H](c1cc(F)ccc1F)S(=O)(=O)c1ccc(Cl)cc1. The second-order valence-corrected chi connectivity index (χ2v) is 11.8. The molecular formula is C23H22ClF2NO4S2. The van der Waals surface area contributed by atoms with Gasteiger partial charge in [0.2, 0.25) is 10.0 Å². The molecule has 0 fully saturated rings. The number of hydrogen-bond acceptors (Lipinski definition) is 4. The van der Waals surface area contributed by atoms with E-state index in [2.05, 4.69) is 4.72 Å². The topological polar surface area (TPSA) is 80.3 Å². The van der Waals surface area contributed by atoms with Gasteiger partial charge in [-0.25, -0.2) is 30.3 Å². The molecule has 5 nitrogen and oxygen atoms in total. The van der Waals surface area contributed by atoms with Crippen molar-refractivity contribution in [3.63, 3.8) is 0 Å². The highest BCUT2D eigenvalue weighted by Crippen LogP contribution is 2.38. The van der Waals surface area contributed by atoms with E-state index in [1.54, 1.807) is 25.1 Å². The molecule has 10 heteroatoms. The first kappa shape index (κ1) is 25.3. The van der Waals surface area contributed by atoms with Crippen LogP contribution in [-0.4, -0.2) is 23.4 Å². The van der Waals surface area contributed by atoms with E-state index < -0.39 is 42.7 Å². The Morgan fingerprint density at radius 2 is 1.52 bits per heavy atom. The molecule has 0 aliphatic rings. The van der Waals surface area contributed by atoms with Crippen LogP contribution in [0, 0.1) is 17.6 Å². The Bertz CT molecular complexity index is 1320. The second-order valence-electron chi connectivity index (χ2n) is 7.56. The molecule has 176 valence electrons. The minimum absolute atomic E-state index is 0.0551. The maximum Gasteiger partial charge on any atom is 0.240 e. The monoisotopic (exact) mass is 513 g/mol. The van der Waals surface area contributed by atoms with Gasteiger partial charge in [0.25, 0.3) is 0 Å². The predicted octanol–water partition coefficient (Wildman–Crippen LogP) is 5.14. The average molecular weight is 514 g/mol. The van der Waals surface area contributed by atoms with E-state index in [0.29, 0.717) is 5.02 Å². The fourth-order valence-electron chi connectivity index (χ4n) is 3.54. The minimum atomic E-state index is -4.17. The molecular weight excluding hydrogens is 492 g/mol. The number of halogens is 3. The van der Waals surface area contributed by atoms with Crippen LogP contribution in [0.4, 0.5) is 8.78 Å². The quantitative estimate of drug-likeness (QED) is 0.429. The molecule has 0 spiro atoms. The van der Waals surface area contributed by atoms with Crippen molar-refractivity contribution in [3.8, 4) is 0 Å². The van der Waals surface area contributed by atoms with Crippen molar-refractivity contribution in [2.24, 2.45) is 5.92 Å². The summed E-state index contributed by atoms with van der Waals surface area (Å²) in [6.07, 6.45) is 0.0551. The number of sulfonamides is 1. The Labute approximate surface area is 197 Å². The van der Waals surface area contributed by atoms with Gasteiger partial charge in [-0.2, -0.15) is 0 Å². The zero-order valence-corrected chi connectivity index (χ0v) is 20.0. The molecule has 0 saturated heterocycles. The van der Waals surface area contributed by atoms with Crippen molar-refractivity contribution in [1.29, 1.82) is 0 Å². The Morgan fingerprint density at radius 1 is 0.879 bits per heavy atom. The molecule has 1 unspecified atom stereocenters. The number of hydrogen-bond donors (Lipinski definition) is 1. The molecule has 1 N–H and O–H groups in total. The Kier molecular flexibility index (Phi) is 7.89. The Morgan fingerprint density at radius 3 is 2.15 bits per heavy atom. The summed E-state index contributed by atoms with van der Waals surface area (Å²) in [7, 11) is -7.97. The van der Waals surface area contributed by atoms with Gasteiger partial charge in [-0.3, -0.25) is 0 Å². The van der Waals surface area contributed by atoms with Crippen LogP contribution in [0.5, 0.6) is 0 Å². The van der Waals surface area contributed by atoms with Gasteiger partial charge in [-0.1, -0.05) is 36.7 Å². The van der Waals surface area contributed by atoms with Crippen LogP contribution in [0.15, 0.2) is 82.6 Å². The van der Waals surface area contributed by atoms with Crippen molar-refractivity contribution >= 4 is 31.5 Å². The van der Waals surface area contributed by atoms with E-state index in [0.717, 1.165) is 18.2 Å². The van der Waals surface area contributed by atoms with Gasteiger partial charge in [0.1, 0.15) is 11.6 Å². The maximum atomic E-state index is 14.7. The van der Waals surface area contributed by atoms with Gasteiger partial charge in [0.05, 0.1) is 15.0 Å². The van der Waals surface area contributed by atoms with Gasteiger partial charge in [-0.05, 0) is 66.9 Å². The zero-order valence-electron chi connectivity index (χ0n) is 17.6. The molecule has 0 saturated carbocycles. The van der Waals surface area contributed by atoms with Gasteiger partial charge >= 0.3 is 0 Å². The smallest absolute Gasteiger partial charge is 0.223 e. The summed E-state index contributed by atoms with van der Waals surface area (Å²) in [6.45, 7) is 1.46. The van der Waals surface area contributed by atoms with Crippen LogP contribution in [-0.2, 0) is 19.9 Å². The molecule has 0 aliphatic carbocycles. The first-order valence-electron chi connectivity index (χ1n) is 10.0. The van der Waals surface area contributed by atoms with Crippen molar-refractivity contribution in [2.75, 3.05) is 6.54 Å². The highest BCUT2D eigenvalue weighted by atomic mass is 35.5. The van der Waals surface area contributed by atoms with Gasteiger partial charge < -0.3 is 0 Å². The molecule has 2 atom stereocenters. The number of nitrogens with one attached hydrogen (secondary N) is 1. The molecule has 0 bridgehead atoms. The third kappa shape index (κ3) is 5.97. The van der Waals surface area contributed by atoms with Gasteiger partial charge in [0, 0.05) is 17.1 Å². The van der Waals surface area contributed by atoms with E-state index in [1.807, 2.05) is 0 Å². The molecule has 0 amide bonds. The second kappa shape index (κ2) is 10.3. The molecule has 3 rings (SSSR count). The molecule has 0 radical (unpaired) electrons. The number of benzene rings is 3. The van der Waals surface area contributed by atoms with Crippen LogP contribution in [0.25, 0.3) is 0 Å². The zero-order chi connectivity index (χ0) is 24.2. The third-order valence-corrected chi connectivity index (χ3v) is 9.25. The predicted molar refractivity (Wildman–Crippen MR) is 123 cm³/mol. The van der Waals surface area contributed by atoms with Crippen LogP contribution in [0.1, 0.15) is 24.2 Å². The summed E-state index contributed by atoms with van der Waals surface area (Å²) >= 11 is 5.86. The van der Waals surface area contributed by atoms with Crippen LogP contribution in [0.2, 0.25) is 5.02 Å². The minimum Gasteiger partial charge on any atom is -0.223 e. The normalized spacial score (nSPS) is 14.1. The fraction of sp³-hybridized carbons (Fsp3) is 0.217. The summed E-state index contributed by atoms with van der Waals surface area (Å²) in [6, 6.07) is 15.7. The largest absolute Gasteiger partial charge is 0.240 e. The van der Waals surface area contributed by atoms with Crippen molar-refractivity contribution in [2.45, 2.75) is 28.4 Å². The number of sulfone groups is 1. The molecule has 33 heavy (non-hydrogen) atoms. The third-order valence-electron chi connectivity index (χ3n) is 5.20. The lowest BCUT2D eigenvalue weighted by atomic mass is 9.97. The van der Waals surface area contributed by atoms with Crippen LogP contribution >= 0.6 is 11.6 Å². The average Bonchev–Trinajstić information content (AvgIpc) is 2.77. The first-order valence-corrected chi connectivity index (χ1v) is 13.4. The van der Waals surface area contributed by atoms with Gasteiger partial charge in [-0.15, -0.1) is 0 Å². The van der Waals surface area contributed by atoms with E-state index in [-0.39, 0.29) is 28.3 Å². The standard InChI is InChI=1S/C23H22ClF2NO4S2/c1-16(13-14-27-33(30,31)20-5-3-2-4-6-20)23(21-15-18(25)9-12-22(21)26)32(28,29)19-10-7-17(24)8-11-19/h2-12,15-16,23,27H,13-14H2,1H3/t16?,23-/m1/s1. The first-order chi connectivity index (χ1) is 15.5. The number of rotatable bonds is 9. The lowest BCUT2D eigenvalue weighted by molar-refractivity contribution is 0.465. The molecule has 0 aromatic heterocycles. The van der Waals surface area contributed by atoms with Crippen LogP contribution in [0.3, 0.4) is 0 Å². The summed E-state index contributed by atoms with van der Waals surface area (Å²) in [5.41, 5.74) is -0.316. The van der Waals surface area contributed by atoms with Crippen molar-refractivity contribution in [3.05, 3.63) is 95.0 Å². The highest BCUT2D eigenvalue weighted by molar-refractivity contribution is 7.91. The summed E-state index contributed by atoms with van der Waals surface area (Å²) in [5, 5.41) is -1.12. The fourth-order valence-corrected chi connectivity index (χ4v) is 6.80.